The molecule has 0 amide bonds. The molecule has 172 valence electrons. The summed E-state index contributed by atoms with van der Waals surface area (Å²) in [5, 5.41) is 0. The molecule has 3 aromatic rings. The Hall–Kier alpha value is -2.36. The quantitative estimate of drug-likeness (QED) is 0.462. The first kappa shape index (κ1) is 22.8. The standard InChI is InChI=1S/C28H39N3O/c1-15(2)17-12-22(26(5,6)7)31-24(16(3)4)23(17)25-29-19-13-18-21(14-20(19)30-25)32-28(10,11)27(18,8)9/h12-16H,1-11H3,(H,29,30). The smallest absolute Gasteiger partial charge is 0.140 e. The van der Waals surface area contributed by atoms with E-state index in [-0.39, 0.29) is 16.4 Å². The van der Waals surface area contributed by atoms with Crippen molar-refractivity contribution in [2.24, 2.45) is 0 Å². The molecule has 32 heavy (non-hydrogen) atoms. The second kappa shape index (κ2) is 7.07. The van der Waals surface area contributed by atoms with E-state index in [4.69, 9.17) is 14.7 Å². The molecule has 0 spiro atoms. The molecule has 0 radical (unpaired) electrons. The summed E-state index contributed by atoms with van der Waals surface area (Å²) in [7, 11) is 0. The predicted molar refractivity (Wildman–Crippen MR) is 134 cm³/mol. The number of aromatic amines is 1. The largest absolute Gasteiger partial charge is 0.487 e. The van der Waals surface area contributed by atoms with Gasteiger partial charge in [0.2, 0.25) is 0 Å². The Bertz CT molecular complexity index is 1160. The van der Waals surface area contributed by atoms with Crippen LogP contribution in [0.4, 0.5) is 0 Å². The zero-order valence-corrected chi connectivity index (χ0v) is 21.7. The molecular formula is C28H39N3O. The third kappa shape index (κ3) is 3.43. The highest BCUT2D eigenvalue weighted by molar-refractivity contribution is 5.84. The van der Waals surface area contributed by atoms with Crippen molar-refractivity contribution in [1.29, 1.82) is 0 Å². The van der Waals surface area contributed by atoms with Gasteiger partial charge in [-0.3, -0.25) is 4.98 Å². The van der Waals surface area contributed by atoms with Crippen LogP contribution in [-0.2, 0) is 10.8 Å². The molecule has 4 heteroatoms. The van der Waals surface area contributed by atoms with Crippen LogP contribution in [-0.4, -0.2) is 20.6 Å². The fourth-order valence-corrected chi connectivity index (χ4v) is 4.56. The lowest BCUT2D eigenvalue weighted by atomic mass is 9.74. The van der Waals surface area contributed by atoms with Crippen molar-refractivity contribution in [3.63, 3.8) is 0 Å². The average molecular weight is 434 g/mol. The molecule has 4 rings (SSSR count). The van der Waals surface area contributed by atoms with Crippen molar-refractivity contribution in [1.82, 2.24) is 15.0 Å². The Morgan fingerprint density at radius 3 is 2.12 bits per heavy atom. The number of hydrogen-bond donors (Lipinski definition) is 1. The summed E-state index contributed by atoms with van der Waals surface area (Å²) in [6.45, 7) is 24.5. The molecule has 1 aliphatic heterocycles. The van der Waals surface area contributed by atoms with Crippen LogP contribution >= 0.6 is 0 Å². The van der Waals surface area contributed by atoms with E-state index in [0.717, 1.165) is 39.6 Å². The summed E-state index contributed by atoms with van der Waals surface area (Å²) >= 11 is 0. The third-order valence-corrected chi connectivity index (χ3v) is 7.38. The molecule has 0 saturated heterocycles. The van der Waals surface area contributed by atoms with E-state index < -0.39 is 0 Å². The minimum absolute atomic E-state index is 0.00375. The highest BCUT2D eigenvalue weighted by atomic mass is 16.5. The van der Waals surface area contributed by atoms with Crippen molar-refractivity contribution in [3.05, 3.63) is 40.7 Å². The second-order valence-corrected chi connectivity index (χ2v) is 12.1. The van der Waals surface area contributed by atoms with Gasteiger partial charge in [0.1, 0.15) is 17.2 Å². The zero-order valence-electron chi connectivity index (χ0n) is 21.7. The Morgan fingerprint density at radius 1 is 0.906 bits per heavy atom. The number of hydrogen-bond acceptors (Lipinski definition) is 3. The van der Waals surface area contributed by atoms with Gasteiger partial charge < -0.3 is 9.72 Å². The highest BCUT2D eigenvalue weighted by Gasteiger charge is 2.48. The van der Waals surface area contributed by atoms with Crippen LogP contribution in [0.2, 0.25) is 0 Å². The molecule has 0 fully saturated rings. The minimum Gasteiger partial charge on any atom is -0.487 e. The Balaban J connectivity index is 1.95. The molecule has 1 aromatic carbocycles. The number of imidazole rings is 1. The van der Waals surface area contributed by atoms with E-state index in [1.807, 2.05) is 0 Å². The summed E-state index contributed by atoms with van der Waals surface area (Å²) in [6.07, 6.45) is 0. The Kier molecular flexibility index (Phi) is 5.04. The summed E-state index contributed by atoms with van der Waals surface area (Å²) in [5.41, 5.74) is 7.59. The number of nitrogens with one attached hydrogen (secondary N) is 1. The molecule has 0 bridgehead atoms. The maximum atomic E-state index is 6.35. The fraction of sp³-hybridized carbons (Fsp3) is 0.571. The van der Waals surface area contributed by atoms with Crippen LogP contribution in [0.25, 0.3) is 22.4 Å². The number of pyridine rings is 1. The maximum absolute atomic E-state index is 6.35. The van der Waals surface area contributed by atoms with E-state index in [1.165, 1.54) is 11.1 Å². The van der Waals surface area contributed by atoms with E-state index in [9.17, 15) is 0 Å². The SMILES string of the molecule is CC(C)c1cc(C(C)(C)C)nc(C(C)C)c1-c1nc2cc3c(cc2[nH]1)OC(C)(C)C3(C)C. The fourth-order valence-electron chi connectivity index (χ4n) is 4.56. The van der Waals surface area contributed by atoms with Gasteiger partial charge in [0.25, 0.3) is 0 Å². The van der Waals surface area contributed by atoms with Crippen molar-refractivity contribution in [3.8, 4) is 17.1 Å². The summed E-state index contributed by atoms with van der Waals surface area (Å²) in [4.78, 5) is 13.9. The van der Waals surface area contributed by atoms with Crippen LogP contribution in [0.3, 0.4) is 0 Å². The first-order valence-corrected chi connectivity index (χ1v) is 11.9. The number of fused-ring (bicyclic) bond motifs is 2. The number of rotatable bonds is 3. The molecule has 0 atom stereocenters. The van der Waals surface area contributed by atoms with Gasteiger partial charge in [-0.2, -0.15) is 0 Å². The van der Waals surface area contributed by atoms with Crippen molar-refractivity contribution < 1.29 is 4.74 Å². The number of H-pyrrole nitrogens is 1. The van der Waals surface area contributed by atoms with E-state index in [1.54, 1.807) is 0 Å². The molecule has 0 aliphatic carbocycles. The van der Waals surface area contributed by atoms with Crippen LogP contribution < -0.4 is 4.74 Å². The van der Waals surface area contributed by atoms with Crippen molar-refractivity contribution in [2.45, 2.75) is 104 Å². The van der Waals surface area contributed by atoms with Gasteiger partial charge in [0, 0.05) is 33.7 Å². The van der Waals surface area contributed by atoms with Gasteiger partial charge in [-0.15, -0.1) is 0 Å². The summed E-state index contributed by atoms with van der Waals surface area (Å²) < 4.78 is 6.35. The molecule has 3 heterocycles. The van der Waals surface area contributed by atoms with Crippen LogP contribution in [0.5, 0.6) is 5.75 Å². The Morgan fingerprint density at radius 2 is 1.56 bits per heavy atom. The van der Waals surface area contributed by atoms with Crippen molar-refractivity contribution >= 4 is 11.0 Å². The van der Waals surface area contributed by atoms with Gasteiger partial charge in [-0.1, -0.05) is 62.3 Å². The predicted octanol–water partition coefficient (Wildman–Crippen LogP) is 7.62. The lowest BCUT2D eigenvalue weighted by Gasteiger charge is -2.33. The molecule has 2 aromatic heterocycles. The van der Waals surface area contributed by atoms with Gasteiger partial charge in [-0.25, -0.2) is 4.98 Å². The van der Waals surface area contributed by atoms with E-state index in [0.29, 0.717) is 11.8 Å². The van der Waals surface area contributed by atoms with Crippen LogP contribution in [0.1, 0.15) is 111 Å². The lowest BCUT2D eigenvalue weighted by molar-refractivity contribution is 0.0713. The lowest BCUT2D eigenvalue weighted by Crippen LogP contribution is -2.41. The number of ether oxygens (including phenoxy) is 1. The van der Waals surface area contributed by atoms with Crippen LogP contribution in [0, 0.1) is 0 Å². The Labute approximate surface area is 193 Å². The van der Waals surface area contributed by atoms with E-state index in [2.05, 4.69) is 99.3 Å². The number of nitrogens with zero attached hydrogens (tertiary/aromatic N) is 2. The first-order chi connectivity index (χ1) is 14.6. The van der Waals surface area contributed by atoms with Crippen molar-refractivity contribution in [2.75, 3.05) is 0 Å². The summed E-state index contributed by atoms with van der Waals surface area (Å²) in [6, 6.07) is 6.62. The molecule has 1 aliphatic rings. The minimum atomic E-state index is -0.251. The zero-order chi connectivity index (χ0) is 23.8. The summed E-state index contributed by atoms with van der Waals surface area (Å²) in [5.74, 6) is 2.53. The maximum Gasteiger partial charge on any atom is 0.140 e. The molecule has 0 saturated carbocycles. The normalized spacial score (nSPS) is 17.3. The molecule has 0 unspecified atom stereocenters. The highest BCUT2D eigenvalue weighted by Crippen LogP contribution is 2.50. The van der Waals surface area contributed by atoms with Gasteiger partial charge in [0.05, 0.1) is 16.7 Å². The monoisotopic (exact) mass is 433 g/mol. The van der Waals surface area contributed by atoms with E-state index >= 15 is 0 Å². The topological polar surface area (TPSA) is 50.8 Å². The van der Waals surface area contributed by atoms with Gasteiger partial charge >= 0.3 is 0 Å². The number of benzene rings is 1. The molecule has 1 N–H and O–H groups in total. The number of aromatic nitrogens is 3. The average Bonchev–Trinajstić information content (AvgIpc) is 3.14. The molecule has 4 nitrogen and oxygen atoms in total. The van der Waals surface area contributed by atoms with Crippen LogP contribution in [0.15, 0.2) is 18.2 Å². The first-order valence-electron chi connectivity index (χ1n) is 11.9. The molecular weight excluding hydrogens is 394 g/mol. The van der Waals surface area contributed by atoms with Gasteiger partial charge in [0.15, 0.2) is 0 Å². The second-order valence-electron chi connectivity index (χ2n) is 12.1. The third-order valence-electron chi connectivity index (χ3n) is 7.38. The van der Waals surface area contributed by atoms with Gasteiger partial charge in [-0.05, 0) is 43.4 Å².